The highest BCUT2D eigenvalue weighted by Crippen LogP contribution is 2.25. The number of nitrogens with one attached hydrogen (secondary N) is 1. The van der Waals surface area contributed by atoms with Crippen LogP contribution in [-0.2, 0) is 6.42 Å². The van der Waals surface area contributed by atoms with Gasteiger partial charge >= 0.3 is 0 Å². The molecule has 0 saturated carbocycles. The Balaban J connectivity index is 2.18. The molecule has 0 saturated heterocycles. The van der Waals surface area contributed by atoms with Crippen molar-refractivity contribution in [2.45, 2.75) is 12.5 Å². The van der Waals surface area contributed by atoms with Crippen molar-refractivity contribution in [1.82, 2.24) is 10.4 Å². The Kier molecular flexibility index (Phi) is 5.02. The Hall–Kier alpha value is -0.840. The number of rotatable bonds is 4. The van der Waals surface area contributed by atoms with E-state index in [9.17, 15) is 0 Å². The first-order valence-electron chi connectivity index (χ1n) is 5.61. The second-order valence-electron chi connectivity index (χ2n) is 4.07. The van der Waals surface area contributed by atoms with Crippen molar-refractivity contribution >= 4 is 34.8 Å². The predicted molar refractivity (Wildman–Crippen MR) is 79.5 cm³/mol. The lowest BCUT2D eigenvalue weighted by Gasteiger charge is -2.15. The van der Waals surface area contributed by atoms with Crippen LogP contribution in [0.3, 0.4) is 0 Å². The van der Waals surface area contributed by atoms with E-state index in [0.717, 1.165) is 11.3 Å². The van der Waals surface area contributed by atoms with E-state index in [-0.39, 0.29) is 6.04 Å². The minimum Gasteiger partial charge on any atom is -0.271 e. The Morgan fingerprint density at radius 1 is 1.11 bits per heavy atom. The summed E-state index contributed by atoms with van der Waals surface area (Å²) in [4.78, 5) is 4.25. The van der Waals surface area contributed by atoms with Gasteiger partial charge in [0.2, 0.25) is 0 Å². The molecular weight excluding hydrogens is 305 g/mol. The number of hydrazine groups is 1. The number of nitrogens with two attached hydrogens (primary N) is 1. The maximum atomic E-state index is 5.99. The monoisotopic (exact) mass is 315 g/mol. The molecule has 19 heavy (non-hydrogen) atoms. The van der Waals surface area contributed by atoms with Crippen LogP contribution in [0.2, 0.25) is 15.1 Å². The molecule has 0 bridgehead atoms. The van der Waals surface area contributed by atoms with Gasteiger partial charge in [0, 0.05) is 6.20 Å². The quantitative estimate of drug-likeness (QED) is 0.666. The number of benzene rings is 1. The van der Waals surface area contributed by atoms with Crippen LogP contribution < -0.4 is 11.3 Å². The smallest absolute Gasteiger partial charge is 0.0672 e. The van der Waals surface area contributed by atoms with Crippen molar-refractivity contribution in [3.05, 3.63) is 62.9 Å². The highest BCUT2D eigenvalue weighted by Gasteiger charge is 2.12. The zero-order chi connectivity index (χ0) is 13.8. The van der Waals surface area contributed by atoms with Crippen LogP contribution in [0.5, 0.6) is 0 Å². The second-order valence-corrected chi connectivity index (χ2v) is 5.32. The van der Waals surface area contributed by atoms with Gasteiger partial charge in [0.1, 0.15) is 0 Å². The molecule has 1 unspecified atom stereocenters. The number of halogens is 3. The Labute approximate surface area is 126 Å². The molecular formula is C13H12Cl3N3. The summed E-state index contributed by atoms with van der Waals surface area (Å²) in [5, 5.41) is 1.65. The number of pyridine rings is 1. The Morgan fingerprint density at radius 3 is 2.47 bits per heavy atom. The molecule has 0 amide bonds. The van der Waals surface area contributed by atoms with E-state index >= 15 is 0 Å². The molecule has 3 nitrogen and oxygen atoms in total. The second kappa shape index (κ2) is 6.55. The zero-order valence-electron chi connectivity index (χ0n) is 9.91. The zero-order valence-corrected chi connectivity index (χ0v) is 12.2. The van der Waals surface area contributed by atoms with E-state index < -0.39 is 0 Å². The normalized spacial score (nSPS) is 12.4. The van der Waals surface area contributed by atoms with E-state index in [1.807, 2.05) is 18.2 Å². The molecule has 2 rings (SSSR count). The maximum Gasteiger partial charge on any atom is 0.0672 e. The van der Waals surface area contributed by atoms with Gasteiger partial charge in [-0.25, -0.2) is 0 Å². The van der Waals surface area contributed by atoms with E-state index in [1.54, 1.807) is 18.3 Å². The Bertz CT molecular complexity index is 558. The van der Waals surface area contributed by atoms with Crippen LogP contribution in [0.25, 0.3) is 0 Å². The molecule has 1 heterocycles. The molecule has 0 aliphatic heterocycles. The number of nitrogens with zero attached hydrogens (tertiary/aromatic N) is 1. The van der Waals surface area contributed by atoms with Gasteiger partial charge in [0.05, 0.1) is 26.8 Å². The lowest BCUT2D eigenvalue weighted by molar-refractivity contribution is 0.538. The molecule has 0 fully saturated rings. The summed E-state index contributed by atoms with van der Waals surface area (Å²) < 4.78 is 0. The fourth-order valence-electron chi connectivity index (χ4n) is 1.74. The summed E-state index contributed by atoms with van der Waals surface area (Å²) >= 11 is 17.7. The van der Waals surface area contributed by atoms with Crippen molar-refractivity contribution in [3.8, 4) is 0 Å². The summed E-state index contributed by atoms with van der Waals surface area (Å²) in [6.07, 6.45) is 2.25. The van der Waals surface area contributed by atoms with Gasteiger partial charge in [0.25, 0.3) is 0 Å². The highest BCUT2D eigenvalue weighted by molar-refractivity contribution is 6.42. The maximum absolute atomic E-state index is 5.99. The fraction of sp³-hybridized carbons (Fsp3) is 0.154. The van der Waals surface area contributed by atoms with Crippen LogP contribution in [0.4, 0.5) is 0 Å². The fourth-order valence-corrected chi connectivity index (χ4v) is 2.18. The lowest BCUT2D eigenvalue weighted by Crippen LogP contribution is -2.30. The summed E-state index contributed by atoms with van der Waals surface area (Å²) in [5.74, 6) is 5.58. The SMILES string of the molecule is NNC(Cc1ccc(Cl)c(Cl)c1)c1ccc(Cl)cn1. The third kappa shape index (κ3) is 3.81. The molecule has 1 atom stereocenters. The van der Waals surface area contributed by atoms with Gasteiger partial charge < -0.3 is 0 Å². The van der Waals surface area contributed by atoms with E-state index in [1.165, 1.54) is 0 Å². The molecule has 0 radical (unpaired) electrons. The van der Waals surface area contributed by atoms with Crippen LogP contribution in [0.15, 0.2) is 36.5 Å². The topological polar surface area (TPSA) is 50.9 Å². The molecule has 1 aromatic carbocycles. The molecule has 0 aliphatic carbocycles. The van der Waals surface area contributed by atoms with Gasteiger partial charge in [-0.15, -0.1) is 0 Å². The summed E-state index contributed by atoms with van der Waals surface area (Å²) in [5.41, 5.74) is 4.58. The minimum atomic E-state index is -0.116. The van der Waals surface area contributed by atoms with Crippen LogP contribution in [-0.4, -0.2) is 4.98 Å². The molecule has 3 N–H and O–H groups in total. The van der Waals surface area contributed by atoms with Crippen molar-refractivity contribution in [2.75, 3.05) is 0 Å². The van der Waals surface area contributed by atoms with E-state index in [0.29, 0.717) is 21.5 Å². The van der Waals surface area contributed by atoms with Crippen molar-refractivity contribution in [3.63, 3.8) is 0 Å². The Morgan fingerprint density at radius 2 is 1.89 bits per heavy atom. The first-order valence-corrected chi connectivity index (χ1v) is 6.75. The van der Waals surface area contributed by atoms with Crippen LogP contribution >= 0.6 is 34.8 Å². The predicted octanol–water partition coefficient (Wildman–Crippen LogP) is 3.79. The molecule has 6 heteroatoms. The van der Waals surface area contributed by atoms with Crippen molar-refractivity contribution in [2.24, 2.45) is 5.84 Å². The van der Waals surface area contributed by atoms with E-state index in [2.05, 4.69) is 10.4 Å². The summed E-state index contributed by atoms with van der Waals surface area (Å²) in [7, 11) is 0. The van der Waals surface area contributed by atoms with Crippen LogP contribution in [0.1, 0.15) is 17.3 Å². The molecule has 0 aliphatic rings. The highest BCUT2D eigenvalue weighted by atomic mass is 35.5. The molecule has 100 valence electrons. The third-order valence-corrected chi connectivity index (χ3v) is 3.69. The van der Waals surface area contributed by atoms with Crippen molar-refractivity contribution in [1.29, 1.82) is 0 Å². The number of aromatic nitrogens is 1. The number of hydrogen-bond donors (Lipinski definition) is 2. The number of hydrogen-bond acceptors (Lipinski definition) is 3. The average Bonchev–Trinajstić information content (AvgIpc) is 2.41. The van der Waals surface area contributed by atoms with Crippen LogP contribution in [0, 0.1) is 0 Å². The van der Waals surface area contributed by atoms with E-state index in [4.69, 9.17) is 40.6 Å². The van der Waals surface area contributed by atoms with Gasteiger partial charge in [-0.3, -0.25) is 16.3 Å². The molecule has 1 aromatic heterocycles. The summed E-state index contributed by atoms with van der Waals surface area (Å²) in [6, 6.07) is 9.00. The molecule has 0 spiro atoms. The van der Waals surface area contributed by atoms with Gasteiger partial charge in [-0.2, -0.15) is 0 Å². The van der Waals surface area contributed by atoms with Gasteiger partial charge in [-0.1, -0.05) is 40.9 Å². The standard InChI is InChI=1S/C13H12Cl3N3/c14-9-2-4-12(18-7-9)13(19-17)6-8-1-3-10(15)11(16)5-8/h1-5,7,13,19H,6,17H2. The van der Waals surface area contributed by atoms with Crippen molar-refractivity contribution < 1.29 is 0 Å². The third-order valence-electron chi connectivity index (χ3n) is 2.73. The average molecular weight is 317 g/mol. The first kappa shape index (κ1) is 14.6. The lowest BCUT2D eigenvalue weighted by atomic mass is 10.0. The van der Waals surface area contributed by atoms with Gasteiger partial charge in [-0.05, 0) is 36.2 Å². The first-order chi connectivity index (χ1) is 9.10. The molecule has 2 aromatic rings. The largest absolute Gasteiger partial charge is 0.271 e. The summed E-state index contributed by atoms with van der Waals surface area (Å²) in [6.45, 7) is 0. The van der Waals surface area contributed by atoms with Gasteiger partial charge in [0.15, 0.2) is 0 Å². The minimum absolute atomic E-state index is 0.116.